The van der Waals surface area contributed by atoms with Crippen LogP contribution in [0.5, 0.6) is 5.75 Å². The van der Waals surface area contributed by atoms with Crippen LogP contribution >= 0.6 is 0 Å². The van der Waals surface area contributed by atoms with Gasteiger partial charge in [-0.05, 0) is 37.6 Å². The van der Waals surface area contributed by atoms with E-state index in [0.717, 1.165) is 17.7 Å². The Balaban J connectivity index is 1.85. The van der Waals surface area contributed by atoms with Gasteiger partial charge in [-0.3, -0.25) is 4.79 Å². The maximum Gasteiger partial charge on any atom is 0.261 e. The third-order valence-electron chi connectivity index (χ3n) is 4.04. The largest absolute Gasteiger partial charge is 0.496 e. The Morgan fingerprint density at radius 1 is 1.16 bits per heavy atom. The minimum atomic E-state index is -0.230. The number of anilines is 1. The van der Waals surface area contributed by atoms with Crippen LogP contribution in [0, 0.1) is 13.8 Å². The predicted octanol–water partition coefficient (Wildman–Crippen LogP) is 4.14. The van der Waals surface area contributed by atoms with Crippen molar-refractivity contribution in [1.29, 1.82) is 0 Å². The number of ether oxygens (including phenoxy) is 1. The predicted molar refractivity (Wildman–Crippen MR) is 96.2 cm³/mol. The lowest BCUT2D eigenvalue weighted by Gasteiger charge is -2.12. The number of hydrogen-bond acceptors (Lipinski definition) is 4. The number of amides is 1. The molecule has 0 fully saturated rings. The van der Waals surface area contributed by atoms with E-state index < -0.39 is 0 Å². The van der Waals surface area contributed by atoms with Gasteiger partial charge in [-0.25, -0.2) is 0 Å². The van der Waals surface area contributed by atoms with Gasteiger partial charge in [-0.15, -0.1) is 0 Å². The zero-order chi connectivity index (χ0) is 17.8. The molecule has 25 heavy (non-hydrogen) atoms. The van der Waals surface area contributed by atoms with Gasteiger partial charge in [0.15, 0.2) is 0 Å². The van der Waals surface area contributed by atoms with Gasteiger partial charge in [0.05, 0.1) is 12.8 Å². The molecule has 5 heteroatoms. The van der Waals surface area contributed by atoms with E-state index in [1.807, 2.05) is 36.4 Å². The Labute approximate surface area is 146 Å². The Morgan fingerprint density at radius 2 is 1.92 bits per heavy atom. The van der Waals surface area contributed by atoms with E-state index in [1.54, 1.807) is 21.0 Å². The minimum absolute atomic E-state index is 0.230. The fourth-order valence-electron chi connectivity index (χ4n) is 2.81. The minimum Gasteiger partial charge on any atom is -0.496 e. The maximum atomic E-state index is 12.5. The highest BCUT2D eigenvalue weighted by Crippen LogP contribution is 2.26. The van der Waals surface area contributed by atoms with Crippen molar-refractivity contribution >= 4 is 11.6 Å². The van der Waals surface area contributed by atoms with E-state index in [0.29, 0.717) is 22.7 Å². The topological polar surface area (TPSA) is 64.4 Å². The summed E-state index contributed by atoms with van der Waals surface area (Å²) in [4.78, 5) is 12.5. The first-order chi connectivity index (χ1) is 12.1. The molecule has 1 N–H and O–H groups in total. The standard InChI is InChI=1S/C20H20N2O3/c1-13-19(14(2)25-22-13)20(23)21-17-9-10-18(24-3)16(12-17)11-15-7-5-4-6-8-15/h4-10,12H,11H2,1-3H3,(H,21,23). The number of aromatic nitrogens is 1. The highest BCUT2D eigenvalue weighted by atomic mass is 16.5. The van der Waals surface area contributed by atoms with Crippen LogP contribution in [0.4, 0.5) is 5.69 Å². The van der Waals surface area contributed by atoms with Crippen LogP contribution in [0.15, 0.2) is 53.1 Å². The summed E-state index contributed by atoms with van der Waals surface area (Å²) in [6.07, 6.45) is 0.721. The van der Waals surface area contributed by atoms with Gasteiger partial charge in [0.25, 0.3) is 5.91 Å². The molecule has 0 aliphatic heterocycles. The molecule has 0 saturated carbocycles. The number of methoxy groups -OCH3 is 1. The van der Waals surface area contributed by atoms with Gasteiger partial charge < -0.3 is 14.6 Å². The van der Waals surface area contributed by atoms with Crippen LogP contribution < -0.4 is 10.1 Å². The molecule has 0 aliphatic carbocycles. The fraction of sp³-hybridized carbons (Fsp3) is 0.200. The lowest BCUT2D eigenvalue weighted by atomic mass is 10.0. The normalized spacial score (nSPS) is 10.5. The molecule has 3 rings (SSSR count). The number of carbonyl (C=O) groups is 1. The second-order valence-corrected chi connectivity index (χ2v) is 5.84. The monoisotopic (exact) mass is 336 g/mol. The highest BCUT2D eigenvalue weighted by molar-refractivity contribution is 6.05. The summed E-state index contributed by atoms with van der Waals surface area (Å²) in [5, 5.41) is 6.73. The van der Waals surface area contributed by atoms with Crippen molar-refractivity contribution < 1.29 is 14.1 Å². The SMILES string of the molecule is COc1ccc(NC(=O)c2c(C)noc2C)cc1Cc1ccccc1. The molecule has 5 nitrogen and oxygen atoms in total. The molecule has 0 aliphatic rings. The number of hydrogen-bond donors (Lipinski definition) is 1. The van der Waals surface area contributed by atoms with Crippen LogP contribution in [0.1, 0.15) is 32.9 Å². The van der Waals surface area contributed by atoms with Crippen LogP contribution in [-0.4, -0.2) is 18.2 Å². The molecule has 1 aromatic heterocycles. The van der Waals surface area contributed by atoms with E-state index >= 15 is 0 Å². The summed E-state index contributed by atoms with van der Waals surface area (Å²) in [5.41, 5.74) is 3.94. The number of benzene rings is 2. The van der Waals surface area contributed by atoms with Crippen molar-refractivity contribution in [2.45, 2.75) is 20.3 Å². The maximum absolute atomic E-state index is 12.5. The Morgan fingerprint density at radius 3 is 2.56 bits per heavy atom. The van der Waals surface area contributed by atoms with E-state index in [-0.39, 0.29) is 5.91 Å². The van der Waals surface area contributed by atoms with Crippen molar-refractivity contribution in [3.05, 3.63) is 76.7 Å². The van der Waals surface area contributed by atoms with E-state index in [1.165, 1.54) is 5.56 Å². The molecular weight excluding hydrogens is 316 g/mol. The first kappa shape index (κ1) is 16.8. The number of nitrogens with zero attached hydrogens (tertiary/aromatic N) is 1. The molecule has 0 atom stereocenters. The fourth-order valence-corrected chi connectivity index (χ4v) is 2.81. The van der Waals surface area contributed by atoms with Crippen LogP contribution in [0.25, 0.3) is 0 Å². The molecular formula is C20H20N2O3. The van der Waals surface area contributed by atoms with Gasteiger partial charge in [0.2, 0.25) is 0 Å². The quantitative estimate of drug-likeness (QED) is 0.760. The first-order valence-electron chi connectivity index (χ1n) is 8.03. The van der Waals surface area contributed by atoms with Crippen molar-refractivity contribution in [3.63, 3.8) is 0 Å². The molecule has 2 aromatic carbocycles. The Bertz CT molecular complexity index is 866. The number of carbonyl (C=O) groups excluding carboxylic acids is 1. The van der Waals surface area contributed by atoms with E-state index in [2.05, 4.69) is 22.6 Å². The third kappa shape index (κ3) is 3.71. The number of rotatable bonds is 5. The molecule has 128 valence electrons. The second-order valence-electron chi connectivity index (χ2n) is 5.84. The summed E-state index contributed by atoms with van der Waals surface area (Å²) in [5.74, 6) is 1.07. The summed E-state index contributed by atoms with van der Waals surface area (Å²) in [6, 6.07) is 15.7. The third-order valence-corrected chi connectivity index (χ3v) is 4.04. The molecule has 0 unspecified atom stereocenters. The molecule has 0 radical (unpaired) electrons. The van der Waals surface area contributed by atoms with Gasteiger partial charge in [0.1, 0.15) is 17.1 Å². The van der Waals surface area contributed by atoms with Crippen LogP contribution in [0.3, 0.4) is 0 Å². The molecule has 0 saturated heterocycles. The van der Waals surface area contributed by atoms with Gasteiger partial charge >= 0.3 is 0 Å². The summed E-state index contributed by atoms with van der Waals surface area (Å²) in [7, 11) is 1.64. The van der Waals surface area contributed by atoms with E-state index in [4.69, 9.17) is 9.26 Å². The summed E-state index contributed by atoms with van der Waals surface area (Å²) < 4.78 is 10.5. The lowest BCUT2D eigenvalue weighted by Crippen LogP contribution is -2.14. The van der Waals surface area contributed by atoms with Crippen LogP contribution in [0.2, 0.25) is 0 Å². The molecule has 0 bridgehead atoms. The first-order valence-corrected chi connectivity index (χ1v) is 8.03. The summed E-state index contributed by atoms with van der Waals surface area (Å²) in [6.45, 7) is 3.48. The van der Waals surface area contributed by atoms with Crippen molar-refractivity contribution in [2.24, 2.45) is 0 Å². The molecule has 1 heterocycles. The van der Waals surface area contributed by atoms with Crippen molar-refractivity contribution in [1.82, 2.24) is 5.16 Å². The number of aryl methyl sites for hydroxylation is 2. The molecule has 3 aromatic rings. The average molecular weight is 336 g/mol. The molecule has 1 amide bonds. The highest BCUT2D eigenvalue weighted by Gasteiger charge is 2.18. The number of nitrogens with one attached hydrogen (secondary N) is 1. The zero-order valence-corrected chi connectivity index (χ0v) is 14.5. The van der Waals surface area contributed by atoms with Crippen molar-refractivity contribution in [2.75, 3.05) is 12.4 Å². The molecule has 0 spiro atoms. The zero-order valence-electron chi connectivity index (χ0n) is 14.5. The second kappa shape index (κ2) is 7.21. The Kier molecular flexibility index (Phi) is 4.84. The summed E-state index contributed by atoms with van der Waals surface area (Å²) >= 11 is 0. The van der Waals surface area contributed by atoms with Gasteiger partial charge in [-0.2, -0.15) is 0 Å². The lowest BCUT2D eigenvalue weighted by molar-refractivity contribution is 0.102. The van der Waals surface area contributed by atoms with Gasteiger partial charge in [-0.1, -0.05) is 35.5 Å². The smallest absolute Gasteiger partial charge is 0.261 e. The van der Waals surface area contributed by atoms with Gasteiger partial charge in [0, 0.05) is 17.7 Å². The van der Waals surface area contributed by atoms with Crippen molar-refractivity contribution in [3.8, 4) is 5.75 Å². The van der Waals surface area contributed by atoms with Crippen LogP contribution in [-0.2, 0) is 6.42 Å². The van der Waals surface area contributed by atoms with E-state index in [9.17, 15) is 4.79 Å². The Hall–Kier alpha value is -3.08. The average Bonchev–Trinajstić information content (AvgIpc) is 2.95.